The van der Waals surface area contributed by atoms with Crippen LogP contribution in [-0.4, -0.2) is 69.6 Å². The molecule has 35 heavy (non-hydrogen) atoms. The third-order valence-electron chi connectivity index (χ3n) is 6.41. The lowest BCUT2D eigenvalue weighted by atomic mass is 10.1. The minimum absolute atomic E-state index is 0.0361. The van der Waals surface area contributed by atoms with E-state index in [1.165, 1.54) is 0 Å². The number of halogens is 2. The Morgan fingerprint density at radius 2 is 2.03 bits per heavy atom. The Labute approximate surface area is 218 Å². The second-order valence-electron chi connectivity index (χ2n) is 10.3. The van der Waals surface area contributed by atoms with Crippen molar-refractivity contribution < 1.29 is 19.4 Å². The number of amides is 1. The van der Waals surface area contributed by atoms with Gasteiger partial charge >= 0.3 is 11.8 Å². The van der Waals surface area contributed by atoms with Gasteiger partial charge in [0.2, 0.25) is 0 Å². The molecule has 9 nitrogen and oxygen atoms in total. The summed E-state index contributed by atoms with van der Waals surface area (Å²) < 4.78 is 13.9. The maximum atomic E-state index is 13.4. The molecule has 2 aliphatic rings. The lowest BCUT2D eigenvalue weighted by Gasteiger charge is -2.45. The number of carbonyl (C=O) groups is 1. The van der Waals surface area contributed by atoms with Crippen molar-refractivity contribution in [2.24, 2.45) is 0 Å². The number of hydrogen-bond donors (Lipinski definition) is 1. The highest BCUT2D eigenvalue weighted by Crippen LogP contribution is 2.45. The van der Waals surface area contributed by atoms with Crippen LogP contribution in [0.15, 0.2) is 15.3 Å². The first-order chi connectivity index (χ1) is 16.4. The van der Waals surface area contributed by atoms with Crippen molar-refractivity contribution in [1.29, 1.82) is 0 Å². The van der Waals surface area contributed by atoms with Crippen LogP contribution in [0.1, 0.15) is 53.5 Å². The van der Waals surface area contributed by atoms with Crippen LogP contribution in [0.4, 0.5) is 10.6 Å². The molecule has 11 heteroatoms. The molecule has 1 aromatic carbocycles. The number of aromatic nitrogens is 2. The Kier molecular flexibility index (Phi) is 7.28. The molecular weight excluding hydrogens is 540 g/mol. The van der Waals surface area contributed by atoms with Crippen molar-refractivity contribution in [3.05, 3.63) is 26.0 Å². The number of benzene rings is 1. The summed E-state index contributed by atoms with van der Waals surface area (Å²) in [7, 11) is 0. The van der Waals surface area contributed by atoms with Gasteiger partial charge in [0, 0.05) is 37.2 Å². The Morgan fingerprint density at radius 3 is 2.69 bits per heavy atom. The van der Waals surface area contributed by atoms with Crippen molar-refractivity contribution >= 4 is 50.3 Å². The summed E-state index contributed by atoms with van der Waals surface area (Å²) >= 11 is 10.1. The third-order valence-corrected chi connectivity index (χ3v) is 7.72. The summed E-state index contributed by atoms with van der Waals surface area (Å²) in [5.74, 6) is 1.04. The number of anilines is 1. The number of nitrogens with zero attached hydrogens (tertiary/aromatic N) is 4. The van der Waals surface area contributed by atoms with Crippen LogP contribution < -0.4 is 15.3 Å². The maximum Gasteiger partial charge on any atom is 0.410 e. The third kappa shape index (κ3) is 4.97. The molecular formula is C24H32BrClN4O5. The van der Waals surface area contributed by atoms with Crippen LogP contribution in [0.3, 0.4) is 0 Å². The van der Waals surface area contributed by atoms with Crippen molar-refractivity contribution in [3.63, 3.8) is 0 Å². The minimum atomic E-state index is -0.583. The molecule has 3 atom stereocenters. The lowest BCUT2D eigenvalue weighted by molar-refractivity contribution is 0.0130. The van der Waals surface area contributed by atoms with E-state index in [0.29, 0.717) is 64.5 Å². The molecule has 1 amide bonds. The summed E-state index contributed by atoms with van der Waals surface area (Å²) in [5.41, 5.74) is -0.316. The smallest absolute Gasteiger partial charge is 0.410 e. The molecule has 2 aliphatic heterocycles. The normalized spacial score (nSPS) is 22.3. The van der Waals surface area contributed by atoms with Crippen LogP contribution in [0.5, 0.6) is 5.75 Å². The number of piperazine rings is 1. The fraction of sp³-hybridized carbons (Fsp3) is 0.625. The zero-order chi connectivity index (χ0) is 25.7. The van der Waals surface area contributed by atoms with E-state index in [2.05, 4.69) is 25.8 Å². The van der Waals surface area contributed by atoms with Crippen molar-refractivity contribution in [2.75, 3.05) is 31.2 Å². The van der Waals surface area contributed by atoms with Crippen molar-refractivity contribution in [1.82, 2.24) is 14.5 Å². The van der Waals surface area contributed by atoms with Crippen LogP contribution in [0.25, 0.3) is 10.9 Å². The SMILES string of the molecule is CC1CN(c2nc(=O)n3c4c(c(Br)c(Cl)cc24)OC[C@H]3CCCO)C(C)CN1C(=O)OC(C)(C)C. The quantitative estimate of drug-likeness (QED) is 0.583. The van der Waals surface area contributed by atoms with Gasteiger partial charge in [-0.1, -0.05) is 11.6 Å². The molecule has 1 fully saturated rings. The molecule has 0 saturated carbocycles. The monoisotopic (exact) mass is 570 g/mol. The average molecular weight is 572 g/mol. The molecule has 2 unspecified atom stereocenters. The van der Waals surface area contributed by atoms with Gasteiger partial charge in [-0.05, 0) is 69.5 Å². The molecule has 0 spiro atoms. The number of ether oxygens (including phenoxy) is 2. The zero-order valence-electron chi connectivity index (χ0n) is 20.7. The van der Waals surface area contributed by atoms with Gasteiger partial charge < -0.3 is 24.4 Å². The largest absolute Gasteiger partial charge is 0.488 e. The van der Waals surface area contributed by atoms with E-state index in [9.17, 15) is 14.7 Å². The first-order valence-corrected chi connectivity index (χ1v) is 13.0. The molecule has 0 aliphatic carbocycles. The summed E-state index contributed by atoms with van der Waals surface area (Å²) in [5, 5.41) is 10.5. The maximum absolute atomic E-state index is 13.4. The first kappa shape index (κ1) is 26.0. The molecule has 0 radical (unpaired) electrons. The van der Waals surface area contributed by atoms with Gasteiger partial charge in [0.05, 0.1) is 15.5 Å². The molecule has 2 aromatic rings. The predicted octanol–water partition coefficient (Wildman–Crippen LogP) is 4.35. The average Bonchev–Trinajstić information content (AvgIpc) is 2.77. The fourth-order valence-corrected chi connectivity index (χ4v) is 5.39. The molecule has 1 N–H and O–H groups in total. The molecule has 3 heterocycles. The highest BCUT2D eigenvalue weighted by molar-refractivity contribution is 9.10. The van der Waals surface area contributed by atoms with E-state index >= 15 is 0 Å². The topological polar surface area (TPSA) is 97.1 Å². The van der Waals surface area contributed by atoms with E-state index in [1.54, 1.807) is 15.5 Å². The molecule has 4 rings (SSSR count). The molecule has 1 aromatic heterocycles. The second kappa shape index (κ2) is 9.78. The van der Waals surface area contributed by atoms with Crippen LogP contribution >= 0.6 is 27.5 Å². The van der Waals surface area contributed by atoms with Gasteiger partial charge in [0.15, 0.2) is 5.75 Å². The fourth-order valence-electron chi connectivity index (χ4n) is 4.78. The number of carbonyl (C=O) groups excluding carboxylic acids is 1. The van der Waals surface area contributed by atoms with Gasteiger partial charge in [-0.25, -0.2) is 9.59 Å². The summed E-state index contributed by atoms with van der Waals surface area (Å²) in [6.45, 7) is 10.7. The zero-order valence-corrected chi connectivity index (χ0v) is 23.0. The molecule has 1 saturated heterocycles. The van der Waals surface area contributed by atoms with E-state index in [-0.39, 0.29) is 36.5 Å². The van der Waals surface area contributed by atoms with E-state index in [0.717, 1.165) is 0 Å². The minimum Gasteiger partial charge on any atom is -0.488 e. The Balaban J connectivity index is 1.77. The molecule has 0 bridgehead atoms. The Morgan fingerprint density at radius 1 is 1.31 bits per heavy atom. The van der Waals surface area contributed by atoms with E-state index in [1.807, 2.05) is 34.6 Å². The molecule has 192 valence electrons. The predicted molar refractivity (Wildman–Crippen MR) is 139 cm³/mol. The van der Waals surface area contributed by atoms with Gasteiger partial charge in [0.1, 0.15) is 23.5 Å². The second-order valence-corrected chi connectivity index (χ2v) is 11.5. The Hall–Kier alpha value is -2.04. The number of aliphatic hydroxyl groups excluding tert-OH is 1. The van der Waals surface area contributed by atoms with Crippen LogP contribution in [-0.2, 0) is 4.74 Å². The van der Waals surface area contributed by atoms with E-state index < -0.39 is 5.60 Å². The van der Waals surface area contributed by atoms with Gasteiger partial charge in [-0.15, -0.1) is 0 Å². The summed E-state index contributed by atoms with van der Waals surface area (Å²) in [6.07, 6.45) is 0.789. The van der Waals surface area contributed by atoms with Crippen LogP contribution in [0.2, 0.25) is 5.02 Å². The lowest BCUT2D eigenvalue weighted by Crippen LogP contribution is -2.59. The van der Waals surface area contributed by atoms with Crippen molar-refractivity contribution in [2.45, 2.75) is 71.2 Å². The van der Waals surface area contributed by atoms with Gasteiger partial charge in [-0.2, -0.15) is 4.98 Å². The summed E-state index contributed by atoms with van der Waals surface area (Å²) in [4.78, 5) is 34.5. The summed E-state index contributed by atoms with van der Waals surface area (Å²) in [6, 6.07) is 1.29. The van der Waals surface area contributed by atoms with Gasteiger partial charge in [-0.3, -0.25) is 4.57 Å². The number of aliphatic hydroxyl groups is 1. The van der Waals surface area contributed by atoms with Crippen molar-refractivity contribution in [3.8, 4) is 5.75 Å². The van der Waals surface area contributed by atoms with E-state index in [4.69, 9.17) is 21.1 Å². The highest BCUT2D eigenvalue weighted by Gasteiger charge is 2.37. The van der Waals surface area contributed by atoms with Gasteiger partial charge in [0.25, 0.3) is 0 Å². The number of rotatable bonds is 4. The van der Waals surface area contributed by atoms with Crippen LogP contribution in [0, 0.1) is 0 Å². The number of hydrogen-bond acceptors (Lipinski definition) is 7. The Bertz CT molecular complexity index is 1200. The highest BCUT2D eigenvalue weighted by atomic mass is 79.9. The standard InChI is InChI=1S/C24H32BrClN4O5/c1-13-11-29(23(33)35-24(3,4)5)14(2)10-28(13)21-16-9-17(26)18(25)20-19(16)30(22(32)27-21)15(12-34-20)7-6-8-31/h9,13-15,31H,6-8,10-12H2,1-5H3/t13?,14?,15-/m1/s1. The first-order valence-electron chi connectivity index (χ1n) is 11.9.